The van der Waals surface area contributed by atoms with Crippen LogP contribution in [0.15, 0.2) is 35.9 Å². The summed E-state index contributed by atoms with van der Waals surface area (Å²) in [6.07, 6.45) is 2.07. The molecule has 1 aliphatic carbocycles. The summed E-state index contributed by atoms with van der Waals surface area (Å²) in [5, 5.41) is 0. The highest BCUT2D eigenvalue weighted by molar-refractivity contribution is 5.70. The number of rotatable bonds is 4. The Kier molecular flexibility index (Phi) is 5.43. The minimum atomic E-state index is -0.347. The summed E-state index contributed by atoms with van der Waals surface area (Å²) in [5.74, 6) is 0.547. The van der Waals surface area contributed by atoms with Crippen LogP contribution in [-0.2, 0) is 19.1 Å². The predicted octanol–water partition coefficient (Wildman–Crippen LogP) is 4.08. The van der Waals surface area contributed by atoms with Crippen LogP contribution < -0.4 is 4.74 Å². The molecule has 1 saturated heterocycles. The lowest BCUT2D eigenvalue weighted by atomic mass is 9.56. The van der Waals surface area contributed by atoms with Crippen LogP contribution in [0.1, 0.15) is 46.3 Å². The largest absolute Gasteiger partial charge is 0.465 e. The molecular formula is C22H28O5. The third-order valence-electron chi connectivity index (χ3n) is 6.27. The van der Waals surface area contributed by atoms with E-state index in [0.29, 0.717) is 19.0 Å². The molecule has 1 aromatic carbocycles. The van der Waals surface area contributed by atoms with Crippen LogP contribution >= 0.6 is 0 Å². The Labute approximate surface area is 160 Å². The number of para-hydroxylation sites is 1. The monoisotopic (exact) mass is 372 g/mol. The number of fused-ring (bicyclic) bond motifs is 2. The molecule has 1 aliphatic heterocycles. The van der Waals surface area contributed by atoms with Crippen molar-refractivity contribution in [2.45, 2.75) is 40.7 Å². The Bertz CT molecular complexity index is 768. The molecular weight excluding hydrogens is 344 g/mol. The van der Waals surface area contributed by atoms with Gasteiger partial charge < -0.3 is 14.2 Å². The Hall–Kier alpha value is -2.14. The molecule has 5 nitrogen and oxygen atoms in total. The first-order valence-electron chi connectivity index (χ1n) is 9.47. The van der Waals surface area contributed by atoms with Crippen molar-refractivity contribution >= 4 is 11.9 Å². The molecule has 5 atom stereocenters. The minimum absolute atomic E-state index is 0.127. The van der Waals surface area contributed by atoms with Gasteiger partial charge in [-0.05, 0) is 24.8 Å². The van der Waals surface area contributed by atoms with Crippen LogP contribution in [0.25, 0.3) is 0 Å². The fraction of sp³-hybridized carbons (Fsp3) is 0.545. The van der Waals surface area contributed by atoms with Crippen LogP contribution in [0.2, 0.25) is 0 Å². The Morgan fingerprint density at radius 2 is 1.89 bits per heavy atom. The second-order valence-electron chi connectivity index (χ2n) is 7.89. The van der Waals surface area contributed by atoms with Gasteiger partial charge in [-0.2, -0.15) is 0 Å². The number of carbonyl (C=O) groups is 2. The van der Waals surface area contributed by atoms with Gasteiger partial charge in [-0.3, -0.25) is 9.59 Å². The van der Waals surface area contributed by atoms with Gasteiger partial charge in [-0.15, -0.1) is 0 Å². The molecule has 5 heteroatoms. The maximum Gasteiger partial charge on any atom is 0.308 e. The molecule has 3 rings (SSSR count). The normalized spacial score (nSPS) is 32.4. The van der Waals surface area contributed by atoms with Crippen molar-refractivity contribution in [1.82, 2.24) is 0 Å². The zero-order valence-electron chi connectivity index (χ0n) is 16.7. The lowest BCUT2D eigenvalue weighted by molar-refractivity contribution is -0.180. The van der Waals surface area contributed by atoms with E-state index in [1.54, 1.807) is 6.07 Å². The van der Waals surface area contributed by atoms with E-state index in [4.69, 9.17) is 14.2 Å². The van der Waals surface area contributed by atoms with Gasteiger partial charge in [0, 0.05) is 30.7 Å². The van der Waals surface area contributed by atoms with Gasteiger partial charge in [0.1, 0.15) is 5.75 Å². The number of esters is 2. The van der Waals surface area contributed by atoms with E-state index in [2.05, 4.69) is 26.8 Å². The van der Waals surface area contributed by atoms with E-state index in [1.165, 1.54) is 19.4 Å². The highest BCUT2D eigenvalue weighted by Gasteiger charge is 2.54. The molecule has 0 aromatic heterocycles. The quantitative estimate of drug-likeness (QED) is 0.453. The summed E-state index contributed by atoms with van der Waals surface area (Å²) in [5.41, 5.74) is 1.90. The van der Waals surface area contributed by atoms with Gasteiger partial charge in [0.15, 0.2) is 0 Å². The van der Waals surface area contributed by atoms with Crippen LogP contribution in [0.5, 0.6) is 5.75 Å². The van der Waals surface area contributed by atoms with E-state index in [9.17, 15) is 9.59 Å². The molecule has 1 aromatic rings. The predicted molar refractivity (Wildman–Crippen MR) is 101 cm³/mol. The van der Waals surface area contributed by atoms with Crippen LogP contribution in [0, 0.1) is 23.2 Å². The molecule has 4 unspecified atom stereocenters. The molecule has 1 fully saturated rings. The van der Waals surface area contributed by atoms with Crippen LogP contribution in [-0.4, -0.2) is 25.2 Å². The molecule has 1 heterocycles. The van der Waals surface area contributed by atoms with Gasteiger partial charge >= 0.3 is 11.9 Å². The maximum absolute atomic E-state index is 11.5. The standard InChI is InChI=1S/C22H28O5/c1-13-10-14(2)22(11-25-16(4)23)12-26-21(20(13)15(22)3)18-8-6-7-9-19(18)27-17(5)24/h6-10,14-15,20-21H,11-12H2,1-5H3/t14?,15-,20?,21?,22?/m0/s1. The molecule has 0 radical (unpaired) electrons. The van der Waals surface area contributed by atoms with Gasteiger partial charge in [0.05, 0.1) is 19.3 Å². The first kappa shape index (κ1) is 19.6. The molecule has 2 bridgehead atoms. The lowest BCUT2D eigenvalue weighted by Gasteiger charge is -2.55. The van der Waals surface area contributed by atoms with E-state index in [-0.39, 0.29) is 41.2 Å². The Balaban J connectivity index is 1.98. The number of allylic oxidation sites excluding steroid dienone is 1. The van der Waals surface area contributed by atoms with Crippen molar-refractivity contribution < 1.29 is 23.8 Å². The Morgan fingerprint density at radius 3 is 2.56 bits per heavy atom. The first-order valence-corrected chi connectivity index (χ1v) is 9.47. The Morgan fingerprint density at radius 1 is 1.19 bits per heavy atom. The van der Waals surface area contributed by atoms with E-state index < -0.39 is 0 Å². The molecule has 2 aliphatic rings. The molecule has 0 N–H and O–H groups in total. The zero-order chi connectivity index (χ0) is 19.8. The summed E-state index contributed by atoms with van der Waals surface area (Å²) in [6, 6.07) is 7.54. The van der Waals surface area contributed by atoms with Crippen molar-refractivity contribution in [2.24, 2.45) is 23.2 Å². The highest BCUT2D eigenvalue weighted by atomic mass is 16.5. The minimum Gasteiger partial charge on any atom is -0.465 e. The van der Waals surface area contributed by atoms with Crippen LogP contribution in [0.3, 0.4) is 0 Å². The fourth-order valence-corrected chi connectivity index (χ4v) is 4.74. The van der Waals surface area contributed by atoms with Gasteiger partial charge in [-0.1, -0.05) is 43.7 Å². The molecule has 0 spiro atoms. The highest BCUT2D eigenvalue weighted by Crippen LogP contribution is 2.57. The van der Waals surface area contributed by atoms with Crippen molar-refractivity contribution in [3.8, 4) is 5.75 Å². The zero-order valence-corrected chi connectivity index (χ0v) is 16.7. The average Bonchev–Trinajstić information content (AvgIpc) is 2.59. The maximum atomic E-state index is 11.5. The summed E-state index contributed by atoms with van der Waals surface area (Å²) < 4.78 is 17.2. The van der Waals surface area contributed by atoms with E-state index in [1.807, 2.05) is 18.2 Å². The second-order valence-corrected chi connectivity index (χ2v) is 7.89. The number of carbonyl (C=O) groups excluding carboxylic acids is 2. The van der Waals surface area contributed by atoms with E-state index in [0.717, 1.165) is 5.56 Å². The van der Waals surface area contributed by atoms with Crippen LogP contribution in [0.4, 0.5) is 0 Å². The van der Waals surface area contributed by atoms with Crippen molar-refractivity contribution in [3.05, 3.63) is 41.5 Å². The van der Waals surface area contributed by atoms with Crippen molar-refractivity contribution in [1.29, 1.82) is 0 Å². The summed E-state index contributed by atoms with van der Waals surface area (Å²) in [4.78, 5) is 22.9. The fourth-order valence-electron chi connectivity index (χ4n) is 4.74. The third kappa shape index (κ3) is 3.53. The number of hydrogen-bond acceptors (Lipinski definition) is 5. The number of benzene rings is 1. The van der Waals surface area contributed by atoms with E-state index >= 15 is 0 Å². The number of hydrogen-bond donors (Lipinski definition) is 0. The average molecular weight is 372 g/mol. The van der Waals surface area contributed by atoms with Gasteiger partial charge in [-0.25, -0.2) is 0 Å². The second kappa shape index (κ2) is 7.47. The lowest BCUT2D eigenvalue weighted by Crippen LogP contribution is -2.54. The van der Waals surface area contributed by atoms with Crippen molar-refractivity contribution in [3.63, 3.8) is 0 Å². The third-order valence-corrected chi connectivity index (χ3v) is 6.27. The molecule has 0 amide bonds. The molecule has 27 heavy (non-hydrogen) atoms. The molecule has 146 valence electrons. The van der Waals surface area contributed by atoms with Crippen molar-refractivity contribution in [2.75, 3.05) is 13.2 Å². The molecule has 0 saturated carbocycles. The smallest absolute Gasteiger partial charge is 0.308 e. The first-order chi connectivity index (χ1) is 12.8. The SMILES string of the molecule is CC(=O)OCC12COC(c3ccccc3OC(C)=O)C(C(C)=CC1C)[C@@H]2C. The van der Waals surface area contributed by atoms with Gasteiger partial charge in [0.2, 0.25) is 0 Å². The summed E-state index contributed by atoms with van der Waals surface area (Å²) in [7, 11) is 0. The number of ether oxygens (including phenoxy) is 3. The summed E-state index contributed by atoms with van der Waals surface area (Å²) in [6.45, 7) is 10.2. The van der Waals surface area contributed by atoms with Gasteiger partial charge in [0.25, 0.3) is 0 Å². The topological polar surface area (TPSA) is 61.8 Å². The summed E-state index contributed by atoms with van der Waals surface area (Å²) >= 11 is 0.